The van der Waals surface area contributed by atoms with Gasteiger partial charge in [0.1, 0.15) is 5.69 Å². The summed E-state index contributed by atoms with van der Waals surface area (Å²) < 4.78 is 1.64. The minimum absolute atomic E-state index is 0.0572. The van der Waals surface area contributed by atoms with E-state index in [1.165, 1.54) is 6.92 Å². The molecule has 0 saturated carbocycles. The van der Waals surface area contributed by atoms with E-state index in [1.54, 1.807) is 36.4 Å². The van der Waals surface area contributed by atoms with Crippen LogP contribution >= 0.6 is 0 Å². The Morgan fingerprint density at radius 2 is 2.28 bits per heavy atom. The summed E-state index contributed by atoms with van der Waals surface area (Å²) in [6, 6.07) is 1.59. The minimum Gasteiger partial charge on any atom is -0.347 e. The molecule has 0 aliphatic carbocycles. The largest absolute Gasteiger partial charge is 0.347 e. The lowest BCUT2D eigenvalue weighted by molar-refractivity contribution is 0.0942. The van der Waals surface area contributed by atoms with Crippen molar-refractivity contribution in [2.75, 3.05) is 0 Å². The Morgan fingerprint density at radius 3 is 2.83 bits per heavy atom. The zero-order valence-electron chi connectivity index (χ0n) is 10.2. The molecule has 0 radical (unpaired) electrons. The number of amides is 1. The van der Waals surface area contributed by atoms with Gasteiger partial charge in [0.25, 0.3) is 5.91 Å². The average molecular weight is 246 g/mol. The number of aryl methyl sites for hydroxylation is 1. The number of Topliss-reactive ketones (excluding diaryl/α,β-unsaturated/α-hetero) is 1. The first-order valence-corrected chi connectivity index (χ1v) is 5.50. The van der Waals surface area contributed by atoms with Crippen molar-refractivity contribution >= 4 is 11.7 Å². The highest BCUT2D eigenvalue weighted by atomic mass is 16.2. The summed E-state index contributed by atoms with van der Waals surface area (Å²) >= 11 is 0. The Bertz CT molecular complexity index is 569. The molecule has 2 aromatic rings. The first kappa shape index (κ1) is 12.1. The fraction of sp³-hybridized carbons (Fsp3) is 0.250. The molecule has 0 aliphatic heterocycles. The Kier molecular flexibility index (Phi) is 3.27. The lowest BCUT2D eigenvalue weighted by Gasteiger charge is -2.04. The number of rotatable bonds is 4. The number of nitrogens with zero attached hydrogens (tertiary/aromatic N) is 2. The van der Waals surface area contributed by atoms with Crippen LogP contribution < -0.4 is 5.32 Å². The molecular formula is C12H14N4O2. The van der Waals surface area contributed by atoms with E-state index >= 15 is 0 Å². The van der Waals surface area contributed by atoms with Gasteiger partial charge in [0, 0.05) is 25.0 Å². The number of carbonyl (C=O) groups excluding carboxylic acids is 2. The van der Waals surface area contributed by atoms with Crippen molar-refractivity contribution in [3.8, 4) is 0 Å². The third kappa shape index (κ3) is 2.48. The van der Waals surface area contributed by atoms with Gasteiger partial charge in [-0.15, -0.1) is 0 Å². The Hall–Kier alpha value is -2.37. The molecule has 0 unspecified atom stereocenters. The molecule has 18 heavy (non-hydrogen) atoms. The summed E-state index contributed by atoms with van der Waals surface area (Å²) in [5.74, 6) is -0.280. The van der Waals surface area contributed by atoms with E-state index in [2.05, 4.69) is 15.3 Å². The number of H-pyrrole nitrogens is 1. The first-order valence-electron chi connectivity index (χ1n) is 5.50. The summed E-state index contributed by atoms with van der Waals surface area (Å²) in [5.41, 5.74) is 1.81. The van der Waals surface area contributed by atoms with Crippen LogP contribution in [0.15, 0.2) is 24.8 Å². The lowest BCUT2D eigenvalue weighted by atomic mass is 10.2. The Labute approximate surface area is 104 Å². The number of carbonyl (C=O) groups is 2. The molecule has 0 saturated heterocycles. The second kappa shape index (κ2) is 4.87. The monoisotopic (exact) mass is 246 g/mol. The van der Waals surface area contributed by atoms with Gasteiger partial charge in [-0.05, 0) is 13.0 Å². The fourth-order valence-corrected chi connectivity index (χ4v) is 1.63. The van der Waals surface area contributed by atoms with Crippen molar-refractivity contribution in [1.82, 2.24) is 19.9 Å². The number of hydrogen-bond donors (Lipinski definition) is 2. The predicted molar refractivity (Wildman–Crippen MR) is 65.2 cm³/mol. The van der Waals surface area contributed by atoms with Crippen LogP contribution in [-0.4, -0.2) is 26.2 Å². The maximum absolute atomic E-state index is 11.9. The van der Waals surface area contributed by atoms with Crippen LogP contribution in [0.1, 0.15) is 33.5 Å². The summed E-state index contributed by atoms with van der Waals surface area (Å²) in [4.78, 5) is 29.9. The van der Waals surface area contributed by atoms with Crippen LogP contribution in [0.25, 0.3) is 0 Å². The van der Waals surface area contributed by atoms with Crippen LogP contribution in [-0.2, 0) is 13.6 Å². The van der Waals surface area contributed by atoms with E-state index in [1.807, 2.05) is 0 Å². The number of imidazole rings is 1. The molecule has 2 heterocycles. The third-order valence-corrected chi connectivity index (χ3v) is 2.64. The SMILES string of the molecule is CC(=O)c1cc(C(=O)NCc2cnc[nH]2)n(C)c1. The van der Waals surface area contributed by atoms with Gasteiger partial charge >= 0.3 is 0 Å². The molecule has 2 N–H and O–H groups in total. The second-order valence-corrected chi connectivity index (χ2v) is 4.04. The van der Waals surface area contributed by atoms with Crippen molar-refractivity contribution in [2.24, 2.45) is 7.05 Å². The smallest absolute Gasteiger partial charge is 0.268 e. The number of nitrogens with one attached hydrogen (secondary N) is 2. The maximum Gasteiger partial charge on any atom is 0.268 e. The minimum atomic E-state index is -0.223. The lowest BCUT2D eigenvalue weighted by Crippen LogP contribution is -2.24. The number of aromatic nitrogens is 3. The van der Waals surface area contributed by atoms with Crippen LogP contribution in [0, 0.1) is 0 Å². The molecule has 0 atom stereocenters. The van der Waals surface area contributed by atoms with Gasteiger partial charge in [-0.2, -0.15) is 0 Å². The van der Waals surface area contributed by atoms with E-state index in [4.69, 9.17) is 0 Å². The van der Waals surface area contributed by atoms with Gasteiger partial charge in [-0.1, -0.05) is 0 Å². The summed E-state index contributed by atoms with van der Waals surface area (Å²) in [6.07, 6.45) is 4.84. The maximum atomic E-state index is 11.9. The fourth-order valence-electron chi connectivity index (χ4n) is 1.63. The molecule has 0 fully saturated rings. The van der Waals surface area contributed by atoms with Crippen molar-refractivity contribution in [1.29, 1.82) is 0 Å². The molecule has 94 valence electrons. The highest BCUT2D eigenvalue weighted by molar-refractivity contribution is 5.99. The zero-order valence-corrected chi connectivity index (χ0v) is 10.2. The molecular weight excluding hydrogens is 232 g/mol. The molecule has 0 spiro atoms. The zero-order chi connectivity index (χ0) is 13.1. The predicted octanol–water partition coefficient (Wildman–Crippen LogP) is 0.881. The summed E-state index contributed by atoms with van der Waals surface area (Å²) in [6.45, 7) is 1.85. The van der Waals surface area contributed by atoms with Gasteiger partial charge in [0.15, 0.2) is 5.78 Å². The van der Waals surface area contributed by atoms with Gasteiger partial charge in [-0.3, -0.25) is 9.59 Å². The van der Waals surface area contributed by atoms with Crippen molar-refractivity contribution in [2.45, 2.75) is 13.5 Å². The van der Waals surface area contributed by atoms with E-state index in [9.17, 15) is 9.59 Å². The third-order valence-electron chi connectivity index (χ3n) is 2.64. The second-order valence-electron chi connectivity index (χ2n) is 4.04. The van der Waals surface area contributed by atoms with Gasteiger partial charge in [0.2, 0.25) is 0 Å². The van der Waals surface area contributed by atoms with Gasteiger partial charge < -0.3 is 14.9 Å². The van der Waals surface area contributed by atoms with Crippen LogP contribution in [0.4, 0.5) is 0 Å². The van der Waals surface area contributed by atoms with Crippen LogP contribution in [0.3, 0.4) is 0 Å². The molecule has 6 nitrogen and oxygen atoms in total. The average Bonchev–Trinajstić information content (AvgIpc) is 2.94. The van der Waals surface area contributed by atoms with Crippen molar-refractivity contribution in [3.63, 3.8) is 0 Å². The molecule has 2 aromatic heterocycles. The van der Waals surface area contributed by atoms with Crippen molar-refractivity contribution in [3.05, 3.63) is 41.7 Å². The van der Waals surface area contributed by atoms with E-state index in [0.717, 1.165) is 5.69 Å². The van der Waals surface area contributed by atoms with Gasteiger partial charge in [0.05, 0.1) is 18.6 Å². The van der Waals surface area contributed by atoms with E-state index < -0.39 is 0 Å². The first-order chi connectivity index (χ1) is 8.58. The normalized spacial score (nSPS) is 10.3. The van der Waals surface area contributed by atoms with E-state index in [0.29, 0.717) is 17.8 Å². The summed E-state index contributed by atoms with van der Waals surface area (Å²) in [5, 5.41) is 2.75. The standard InChI is InChI=1S/C12H14N4O2/c1-8(17)9-3-11(16(2)6-9)12(18)14-5-10-4-13-7-15-10/h3-4,6-7H,5H2,1-2H3,(H,13,15)(H,14,18). The highest BCUT2D eigenvalue weighted by Gasteiger charge is 2.13. The quantitative estimate of drug-likeness (QED) is 0.786. The van der Waals surface area contributed by atoms with Crippen LogP contribution in [0.5, 0.6) is 0 Å². The van der Waals surface area contributed by atoms with Crippen LogP contribution in [0.2, 0.25) is 0 Å². The Balaban J connectivity index is 2.06. The number of ketones is 1. The molecule has 0 bridgehead atoms. The molecule has 2 rings (SSSR count). The Morgan fingerprint density at radius 1 is 1.50 bits per heavy atom. The van der Waals surface area contributed by atoms with Crippen molar-refractivity contribution < 1.29 is 9.59 Å². The number of hydrogen-bond acceptors (Lipinski definition) is 3. The molecule has 1 amide bonds. The number of aromatic amines is 1. The molecule has 6 heteroatoms. The summed E-state index contributed by atoms with van der Waals surface area (Å²) in [7, 11) is 1.73. The topological polar surface area (TPSA) is 79.8 Å². The van der Waals surface area contributed by atoms with E-state index in [-0.39, 0.29) is 11.7 Å². The van der Waals surface area contributed by atoms with Gasteiger partial charge in [-0.25, -0.2) is 4.98 Å². The molecule has 0 aromatic carbocycles. The molecule has 0 aliphatic rings. The highest BCUT2D eigenvalue weighted by Crippen LogP contribution is 2.08.